The molecule has 0 aliphatic heterocycles. The van der Waals surface area contributed by atoms with Gasteiger partial charge in [-0.05, 0) is 32.4 Å². The van der Waals surface area contributed by atoms with E-state index >= 15 is 0 Å². The van der Waals surface area contributed by atoms with E-state index in [9.17, 15) is 9.90 Å². The molecule has 0 atom stereocenters. The average molecular weight is 273 g/mol. The van der Waals surface area contributed by atoms with E-state index in [1.807, 2.05) is 51.1 Å². The highest BCUT2D eigenvalue weighted by atomic mass is 16.4. The quantitative estimate of drug-likeness (QED) is 0.901. The fourth-order valence-corrected chi connectivity index (χ4v) is 2.08. The van der Waals surface area contributed by atoms with Gasteiger partial charge in [-0.3, -0.25) is 10.00 Å². The van der Waals surface area contributed by atoms with Gasteiger partial charge in [-0.25, -0.2) is 4.79 Å². The summed E-state index contributed by atoms with van der Waals surface area (Å²) >= 11 is 0. The van der Waals surface area contributed by atoms with Crippen molar-refractivity contribution in [3.8, 4) is 11.3 Å². The lowest BCUT2D eigenvalue weighted by molar-refractivity contribution is 0.0957. The fourth-order valence-electron chi connectivity index (χ4n) is 2.08. The molecule has 0 bridgehead atoms. The highest BCUT2D eigenvalue weighted by Crippen LogP contribution is 2.25. The Bertz CT molecular complexity index is 585. The summed E-state index contributed by atoms with van der Waals surface area (Å²) in [5.74, 6) is 0. The number of nitrogens with zero attached hydrogens (tertiary/aromatic N) is 2. The van der Waals surface area contributed by atoms with Crippen LogP contribution in [0.2, 0.25) is 0 Å². The van der Waals surface area contributed by atoms with E-state index in [4.69, 9.17) is 0 Å². The normalized spacial score (nSPS) is 11.3. The third kappa shape index (κ3) is 2.99. The van der Waals surface area contributed by atoms with Gasteiger partial charge in [0.1, 0.15) is 0 Å². The van der Waals surface area contributed by atoms with E-state index in [0.29, 0.717) is 6.54 Å². The van der Waals surface area contributed by atoms with Gasteiger partial charge in [0.25, 0.3) is 0 Å². The van der Waals surface area contributed by atoms with Gasteiger partial charge in [0.05, 0.1) is 12.2 Å². The van der Waals surface area contributed by atoms with Crippen molar-refractivity contribution in [2.45, 2.75) is 32.9 Å². The summed E-state index contributed by atoms with van der Waals surface area (Å²) in [4.78, 5) is 12.9. The summed E-state index contributed by atoms with van der Waals surface area (Å²) in [5, 5.41) is 16.3. The number of carboxylic acid groups (broad SMARTS) is 1. The third-order valence-electron chi connectivity index (χ3n) is 3.16. The van der Waals surface area contributed by atoms with Gasteiger partial charge in [0.15, 0.2) is 0 Å². The van der Waals surface area contributed by atoms with Gasteiger partial charge in [0, 0.05) is 17.3 Å². The standard InChI is InChI=1S/C15H19N3O2/c1-15(2,3)18(14(19)20)10-11-6-4-5-7-12(11)13-8-9-16-17-13/h4-9H,10H2,1-3H3,(H,16,17)(H,19,20). The van der Waals surface area contributed by atoms with Crippen LogP contribution in [0.4, 0.5) is 4.79 Å². The van der Waals surface area contributed by atoms with Crippen molar-refractivity contribution in [2.75, 3.05) is 0 Å². The van der Waals surface area contributed by atoms with E-state index in [2.05, 4.69) is 10.2 Å². The van der Waals surface area contributed by atoms with Gasteiger partial charge in [-0.2, -0.15) is 5.10 Å². The summed E-state index contributed by atoms with van der Waals surface area (Å²) in [6.45, 7) is 6.00. The van der Waals surface area contributed by atoms with Gasteiger partial charge in [0.2, 0.25) is 0 Å². The molecule has 0 aliphatic carbocycles. The highest BCUT2D eigenvalue weighted by molar-refractivity contribution is 5.68. The monoisotopic (exact) mass is 273 g/mol. The zero-order chi connectivity index (χ0) is 14.8. The van der Waals surface area contributed by atoms with Gasteiger partial charge >= 0.3 is 6.09 Å². The Hall–Kier alpha value is -2.30. The van der Waals surface area contributed by atoms with Crippen molar-refractivity contribution >= 4 is 6.09 Å². The molecule has 0 aliphatic rings. The molecule has 0 saturated carbocycles. The maximum atomic E-state index is 11.5. The molecular formula is C15H19N3O2. The van der Waals surface area contributed by atoms with Crippen molar-refractivity contribution < 1.29 is 9.90 Å². The maximum Gasteiger partial charge on any atom is 0.408 e. The highest BCUT2D eigenvalue weighted by Gasteiger charge is 2.26. The summed E-state index contributed by atoms with van der Waals surface area (Å²) < 4.78 is 0. The van der Waals surface area contributed by atoms with Crippen LogP contribution in [0.25, 0.3) is 11.3 Å². The smallest absolute Gasteiger partial charge is 0.408 e. The summed E-state index contributed by atoms with van der Waals surface area (Å²) in [6.07, 6.45) is 0.833. The molecule has 20 heavy (non-hydrogen) atoms. The molecule has 1 aromatic heterocycles. The number of amides is 1. The van der Waals surface area contributed by atoms with Crippen LogP contribution in [0, 0.1) is 0 Å². The number of nitrogens with one attached hydrogen (secondary N) is 1. The van der Waals surface area contributed by atoms with Crippen LogP contribution < -0.4 is 0 Å². The van der Waals surface area contributed by atoms with Crippen molar-refractivity contribution in [2.24, 2.45) is 0 Å². The number of H-pyrrole nitrogens is 1. The molecule has 2 rings (SSSR count). The lowest BCUT2D eigenvalue weighted by atomic mass is 10.0. The molecular weight excluding hydrogens is 254 g/mol. The molecule has 1 heterocycles. The Balaban J connectivity index is 2.36. The van der Waals surface area contributed by atoms with Crippen LogP contribution in [-0.4, -0.2) is 31.8 Å². The number of rotatable bonds is 3. The number of carbonyl (C=O) groups is 1. The first-order valence-corrected chi connectivity index (χ1v) is 6.48. The van der Waals surface area contributed by atoms with Crippen LogP contribution in [-0.2, 0) is 6.54 Å². The molecule has 1 amide bonds. The first-order chi connectivity index (χ1) is 9.39. The van der Waals surface area contributed by atoms with Crippen LogP contribution in [0.3, 0.4) is 0 Å². The number of hydrogen-bond donors (Lipinski definition) is 2. The minimum atomic E-state index is -0.922. The molecule has 5 nitrogen and oxygen atoms in total. The predicted molar refractivity (Wildman–Crippen MR) is 77.3 cm³/mol. The Kier molecular flexibility index (Phi) is 3.79. The minimum absolute atomic E-state index is 0.335. The van der Waals surface area contributed by atoms with Crippen molar-refractivity contribution in [3.63, 3.8) is 0 Å². The molecule has 106 valence electrons. The van der Waals surface area contributed by atoms with E-state index in [1.54, 1.807) is 6.20 Å². The van der Waals surface area contributed by atoms with Gasteiger partial charge in [-0.1, -0.05) is 24.3 Å². The molecule has 2 aromatic rings. The van der Waals surface area contributed by atoms with E-state index in [1.165, 1.54) is 4.90 Å². The molecule has 0 radical (unpaired) electrons. The predicted octanol–water partition coefficient (Wildman–Crippen LogP) is 3.36. The lowest BCUT2D eigenvalue weighted by Gasteiger charge is -2.33. The van der Waals surface area contributed by atoms with Crippen LogP contribution in [0.5, 0.6) is 0 Å². The lowest BCUT2D eigenvalue weighted by Crippen LogP contribution is -2.44. The molecule has 0 unspecified atom stereocenters. The van der Waals surface area contributed by atoms with Crippen LogP contribution in [0.1, 0.15) is 26.3 Å². The number of benzene rings is 1. The van der Waals surface area contributed by atoms with Crippen molar-refractivity contribution in [1.82, 2.24) is 15.1 Å². The zero-order valence-electron chi connectivity index (χ0n) is 11.9. The Labute approximate surface area is 118 Å². The number of hydrogen-bond acceptors (Lipinski definition) is 2. The van der Waals surface area contributed by atoms with Crippen LogP contribution >= 0.6 is 0 Å². The number of aromatic nitrogens is 2. The topological polar surface area (TPSA) is 69.2 Å². The molecule has 5 heteroatoms. The molecule has 0 spiro atoms. The Morgan fingerprint density at radius 2 is 2.00 bits per heavy atom. The summed E-state index contributed by atoms with van der Waals surface area (Å²) in [5.41, 5.74) is 2.26. The fraction of sp³-hybridized carbons (Fsp3) is 0.333. The summed E-state index contributed by atoms with van der Waals surface area (Å²) in [6, 6.07) is 9.60. The minimum Gasteiger partial charge on any atom is -0.465 e. The third-order valence-corrected chi connectivity index (χ3v) is 3.16. The van der Waals surface area contributed by atoms with E-state index < -0.39 is 11.6 Å². The second kappa shape index (κ2) is 5.36. The Morgan fingerprint density at radius 3 is 2.55 bits per heavy atom. The largest absolute Gasteiger partial charge is 0.465 e. The molecule has 1 aromatic carbocycles. The second-order valence-electron chi connectivity index (χ2n) is 5.66. The molecule has 0 saturated heterocycles. The SMILES string of the molecule is CC(C)(C)N(Cc1ccccc1-c1cc[nH]n1)C(=O)O. The van der Waals surface area contributed by atoms with Gasteiger partial charge < -0.3 is 5.11 Å². The average Bonchev–Trinajstić information content (AvgIpc) is 2.88. The second-order valence-corrected chi connectivity index (χ2v) is 5.66. The van der Waals surface area contributed by atoms with E-state index in [0.717, 1.165) is 16.8 Å². The molecule has 0 fully saturated rings. The number of aromatic amines is 1. The zero-order valence-corrected chi connectivity index (χ0v) is 11.9. The van der Waals surface area contributed by atoms with Crippen LogP contribution in [0.15, 0.2) is 36.5 Å². The Morgan fingerprint density at radius 1 is 1.30 bits per heavy atom. The van der Waals surface area contributed by atoms with E-state index in [-0.39, 0.29) is 0 Å². The summed E-state index contributed by atoms with van der Waals surface area (Å²) in [7, 11) is 0. The first kappa shape index (κ1) is 14.1. The maximum absolute atomic E-state index is 11.5. The molecule has 2 N–H and O–H groups in total. The van der Waals surface area contributed by atoms with Crippen molar-refractivity contribution in [3.05, 3.63) is 42.1 Å². The first-order valence-electron chi connectivity index (χ1n) is 6.48. The van der Waals surface area contributed by atoms with Crippen molar-refractivity contribution in [1.29, 1.82) is 0 Å². The van der Waals surface area contributed by atoms with Gasteiger partial charge in [-0.15, -0.1) is 0 Å².